The molecule has 0 aliphatic heterocycles. The molecule has 20 heavy (non-hydrogen) atoms. The van der Waals surface area contributed by atoms with E-state index in [-0.39, 0.29) is 22.8 Å². The number of benzene rings is 1. The Morgan fingerprint density at radius 3 is 2.50 bits per heavy atom. The molecule has 106 valence electrons. The standard InChI is InChI=1S/C16H18ClFN2/c1-3-20-16(11(2)12-6-8-19-9-7-12)13-4-5-14(17)15(18)10-13/h4-11,16,20H,3H2,1-2H3. The van der Waals surface area contributed by atoms with Gasteiger partial charge in [-0.3, -0.25) is 4.98 Å². The summed E-state index contributed by atoms with van der Waals surface area (Å²) in [4.78, 5) is 4.03. The van der Waals surface area contributed by atoms with Gasteiger partial charge in [0.15, 0.2) is 0 Å². The van der Waals surface area contributed by atoms with Crippen LogP contribution in [0.5, 0.6) is 0 Å². The van der Waals surface area contributed by atoms with E-state index in [9.17, 15) is 4.39 Å². The lowest BCUT2D eigenvalue weighted by atomic mass is 9.89. The lowest BCUT2D eigenvalue weighted by Gasteiger charge is -2.26. The molecule has 0 radical (unpaired) electrons. The minimum absolute atomic E-state index is 0.0363. The summed E-state index contributed by atoms with van der Waals surface area (Å²) in [5.41, 5.74) is 2.07. The molecule has 0 saturated heterocycles. The molecule has 2 rings (SSSR count). The normalized spacial score (nSPS) is 14.0. The van der Waals surface area contributed by atoms with Gasteiger partial charge in [-0.1, -0.05) is 31.5 Å². The summed E-state index contributed by atoms with van der Waals surface area (Å²) in [6.07, 6.45) is 3.55. The molecule has 0 saturated carbocycles. The predicted octanol–water partition coefficient (Wildman–Crippen LogP) is 4.33. The third kappa shape index (κ3) is 3.35. The van der Waals surface area contributed by atoms with Crippen LogP contribution < -0.4 is 5.32 Å². The SMILES string of the molecule is CCNC(c1ccc(Cl)c(F)c1)C(C)c1ccncc1. The molecule has 0 aliphatic rings. The molecule has 1 heterocycles. The van der Waals surface area contributed by atoms with Crippen molar-refractivity contribution < 1.29 is 4.39 Å². The summed E-state index contributed by atoms with van der Waals surface area (Å²) in [6.45, 7) is 4.97. The third-order valence-corrected chi connectivity index (χ3v) is 3.77. The van der Waals surface area contributed by atoms with Crippen LogP contribution in [0.1, 0.15) is 36.9 Å². The molecule has 0 amide bonds. The zero-order valence-electron chi connectivity index (χ0n) is 11.6. The Labute approximate surface area is 124 Å². The summed E-state index contributed by atoms with van der Waals surface area (Å²) in [7, 11) is 0. The van der Waals surface area contributed by atoms with Crippen LogP contribution in [0.3, 0.4) is 0 Å². The average molecular weight is 293 g/mol. The monoisotopic (exact) mass is 292 g/mol. The first-order valence-electron chi connectivity index (χ1n) is 6.71. The Kier molecular flexibility index (Phi) is 5.10. The van der Waals surface area contributed by atoms with E-state index in [0.29, 0.717) is 0 Å². The smallest absolute Gasteiger partial charge is 0.142 e. The molecule has 4 heteroatoms. The van der Waals surface area contributed by atoms with Gasteiger partial charge in [-0.25, -0.2) is 4.39 Å². The Bertz CT molecular complexity index is 560. The summed E-state index contributed by atoms with van der Waals surface area (Å²) >= 11 is 5.76. The van der Waals surface area contributed by atoms with Gasteiger partial charge in [-0.2, -0.15) is 0 Å². The molecule has 2 nitrogen and oxygen atoms in total. The van der Waals surface area contributed by atoms with Crippen molar-refractivity contribution in [3.63, 3.8) is 0 Å². The fourth-order valence-corrected chi connectivity index (χ4v) is 2.49. The molecule has 2 aromatic rings. The van der Waals surface area contributed by atoms with Crippen molar-refractivity contribution in [3.05, 3.63) is 64.7 Å². The molecule has 0 aliphatic carbocycles. The van der Waals surface area contributed by atoms with Crippen LogP contribution in [-0.4, -0.2) is 11.5 Å². The van der Waals surface area contributed by atoms with E-state index in [0.717, 1.165) is 12.1 Å². The molecule has 1 aromatic heterocycles. The van der Waals surface area contributed by atoms with Gasteiger partial charge in [-0.05, 0) is 41.9 Å². The maximum Gasteiger partial charge on any atom is 0.142 e. The average Bonchev–Trinajstić information content (AvgIpc) is 2.48. The second-order valence-corrected chi connectivity index (χ2v) is 5.19. The van der Waals surface area contributed by atoms with Crippen LogP contribution in [0.25, 0.3) is 0 Å². The largest absolute Gasteiger partial charge is 0.310 e. The first kappa shape index (κ1) is 14.9. The van der Waals surface area contributed by atoms with Crippen molar-refractivity contribution in [2.24, 2.45) is 0 Å². The first-order chi connectivity index (χ1) is 9.63. The van der Waals surface area contributed by atoms with E-state index < -0.39 is 0 Å². The molecule has 0 bridgehead atoms. The summed E-state index contributed by atoms with van der Waals surface area (Å²) in [5, 5.41) is 3.57. The zero-order chi connectivity index (χ0) is 14.5. The van der Waals surface area contributed by atoms with Crippen molar-refractivity contribution in [1.29, 1.82) is 0 Å². The Balaban J connectivity index is 2.33. The Hall–Kier alpha value is -1.45. The molecule has 1 aromatic carbocycles. The van der Waals surface area contributed by atoms with Gasteiger partial charge in [0.1, 0.15) is 5.82 Å². The molecule has 2 unspecified atom stereocenters. The Morgan fingerprint density at radius 2 is 1.90 bits per heavy atom. The van der Waals surface area contributed by atoms with Gasteiger partial charge in [0.25, 0.3) is 0 Å². The molecular weight excluding hydrogens is 275 g/mol. The van der Waals surface area contributed by atoms with E-state index >= 15 is 0 Å². The fraction of sp³-hybridized carbons (Fsp3) is 0.312. The topological polar surface area (TPSA) is 24.9 Å². The van der Waals surface area contributed by atoms with Crippen molar-refractivity contribution in [1.82, 2.24) is 10.3 Å². The van der Waals surface area contributed by atoms with E-state index in [1.54, 1.807) is 18.5 Å². The number of pyridine rings is 1. The highest BCUT2D eigenvalue weighted by Crippen LogP contribution is 2.31. The molecule has 0 spiro atoms. The van der Waals surface area contributed by atoms with Gasteiger partial charge in [0.05, 0.1) is 5.02 Å². The van der Waals surface area contributed by atoms with E-state index in [4.69, 9.17) is 11.6 Å². The van der Waals surface area contributed by atoms with Gasteiger partial charge >= 0.3 is 0 Å². The van der Waals surface area contributed by atoms with Crippen LogP contribution in [0.4, 0.5) is 4.39 Å². The molecule has 1 N–H and O–H groups in total. The number of hydrogen-bond donors (Lipinski definition) is 1. The Morgan fingerprint density at radius 1 is 1.20 bits per heavy atom. The lowest BCUT2D eigenvalue weighted by molar-refractivity contribution is 0.476. The highest BCUT2D eigenvalue weighted by Gasteiger charge is 2.20. The summed E-state index contributed by atoms with van der Waals surface area (Å²) in [5.74, 6) is -0.174. The minimum atomic E-state index is -0.381. The highest BCUT2D eigenvalue weighted by molar-refractivity contribution is 6.30. The third-order valence-electron chi connectivity index (χ3n) is 3.46. The van der Waals surface area contributed by atoms with Crippen LogP contribution in [0.15, 0.2) is 42.7 Å². The second kappa shape index (κ2) is 6.82. The maximum atomic E-state index is 13.7. The lowest BCUT2D eigenvalue weighted by Crippen LogP contribution is -2.26. The highest BCUT2D eigenvalue weighted by atomic mass is 35.5. The van der Waals surface area contributed by atoms with E-state index in [2.05, 4.69) is 17.2 Å². The van der Waals surface area contributed by atoms with Crippen molar-refractivity contribution in [2.75, 3.05) is 6.54 Å². The van der Waals surface area contributed by atoms with Crippen LogP contribution in [-0.2, 0) is 0 Å². The van der Waals surface area contributed by atoms with Gasteiger partial charge in [0, 0.05) is 24.4 Å². The quantitative estimate of drug-likeness (QED) is 0.887. The summed E-state index contributed by atoms with van der Waals surface area (Å²) in [6, 6.07) is 9.00. The van der Waals surface area contributed by atoms with Gasteiger partial charge < -0.3 is 5.32 Å². The van der Waals surface area contributed by atoms with Crippen molar-refractivity contribution in [3.8, 4) is 0 Å². The minimum Gasteiger partial charge on any atom is -0.310 e. The van der Waals surface area contributed by atoms with E-state index in [1.165, 1.54) is 11.6 Å². The zero-order valence-corrected chi connectivity index (χ0v) is 12.4. The maximum absolute atomic E-state index is 13.7. The predicted molar refractivity (Wildman–Crippen MR) is 80.5 cm³/mol. The number of aromatic nitrogens is 1. The number of halogens is 2. The van der Waals surface area contributed by atoms with Crippen LogP contribution in [0, 0.1) is 5.82 Å². The van der Waals surface area contributed by atoms with Gasteiger partial charge in [-0.15, -0.1) is 0 Å². The number of hydrogen-bond acceptors (Lipinski definition) is 2. The molecular formula is C16H18ClFN2. The van der Waals surface area contributed by atoms with Gasteiger partial charge in [0.2, 0.25) is 0 Å². The van der Waals surface area contributed by atoms with Crippen LogP contribution in [0.2, 0.25) is 5.02 Å². The van der Waals surface area contributed by atoms with Crippen LogP contribution >= 0.6 is 11.6 Å². The number of likely N-dealkylation sites (N-methyl/N-ethyl adjacent to an activating group) is 1. The van der Waals surface area contributed by atoms with Crippen molar-refractivity contribution >= 4 is 11.6 Å². The first-order valence-corrected chi connectivity index (χ1v) is 7.09. The number of nitrogens with one attached hydrogen (secondary N) is 1. The molecule has 2 atom stereocenters. The second-order valence-electron chi connectivity index (χ2n) is 4.78. The fourth-order valence-electron chi connectivity index (χ4n) is 2.37. The number of rotatable bonds is 5. The van der Waals surface area contributed by atoms with E-state index in [1.807, 2.05) is 25.1 Å². The number of nitrogens with zero attached hydrogens (tertiary/aromatic N) is 1. The molecule has 0 fully saturated rings. The van der Waals surface area contributed by atoms with Crippen molar-refractivity contribution in [2.45, 2.75) is 25.8 Å². The summed E-state index contributed by atoms with van der Waals surface area (Å²) < 4.78 is 13.7.